The van der Waals surface area contributed by atoms with Gasteiger partial charge in [-0.1, -0.05) is 115 Å². The monoisotopic (exact) mass is 666 g/mol. The van der Waals surface area contributed by atoms with E-state index in [9.17, 15) is 20.1 Å². The van der Waals surface area contributed by atoms with E-state index in [1.165, 1.54) is 4.90 Å². The Hall–Kier alpha value is -7.54. The Balaban J connectivity index is 1.31. The Bertz CT molecular complexity index is 2760. The van der Waals surface area contributed by atoms with Crippen molar-refractivity contribution in [2.45, 2.75) is 0 Å². The van der Waals surface area contributed by atoms with Crippen molar-refractivity contribution < 1.29 is 9.59 Å². The van der Waals surface area contributed by atoms with Crippen LogP contribution in [-0.4, -0.2) is 16.4 Å². The molecule has 0 spiro atoms. The molecular weight excluding hydrogens is 641 g/mol. The molecule has 1 aliphatic rings. The summed E-state index contributed by atoms with van der Waals surface area (Å²) in [5.74, 6) is -0.802. The molecule has 0 saturated carbocycles. The minimum atomic E-state index is -0.411. The lowest BCUT2D eigenvalue weighted by molar-refractivity contribution is 0.0926. The van der Waals surface area contributed by atoms with Crippen LogP contribution in [0.5, 0.6) is 0 Å². The number of anilines is 1. The van der Waals surface area contributed by atoms with Crippen molar-refractivity contribution in [2.75, 3.05) is 4.90 Å². The van der Waals surface area contributed by atoms with Gasteiger partial charge in [0.2, 0.25) is 0 Å². The van der Waals surface area contributed by atoms with Crippen molar-refractivity contribution in [3.05, 3.63) is 180 Å². The second kappa shape index (κ2) is 12.1. The maximum atomic E-state index is 14.7. The molecule has 52 heavy (non-hydrogen) atoms. The first-order chi connectivity index (χ1) is 25.6. The number of fused-ring (bicyclic) bond motifs is 4. The highest BCUT2D eigenvalue weighted by Crippen LogP contribution is 2.42. The molecule has 0 saturated heterocycles. The number of hydrogen-bond acceptors (Lipinski definition) is 4. The summed E-state index contributed by atoms with van der Waals surface area (Å²) in [7, 11) is 0. The Kier molecular flexibility index (Phi) is 7.10. The van der Waals surface area contributed by atoms with Crippen LogP contribution in [0.15, 0.2) is 158 Å². The van der Waals surface area contributed by atoms with Crippen molar-refractivity contribution >= 4 is 39.3 Å². The standard InChI is InChI=1S/C46H26N4O2/c47-27-32-13-4-6-15-34(32)30-21-23-37-38-24-22-31(35-16-7-5-14-33(35)28-48)26-43(38)49(42(37)25-30)41-20-10-18-39-44(41)46(52)50(45(39)51)40-19-9-8-17-36(40)29-11-2-1-3-12-29/h1-26H. The number of amides is 2. The van der Waals surface area contributed by atoms with Crippen molar-refractivity contribution in [3.8, 4) is 51.2 Å². The van der Waals surface area contributed by atoms with Gasteiger partial charge in [-0.2, -0.15) is 10.5 Å². The number of nitrogens with zero attached hydrogens (tertiary/aromatic N) is 4. The summed E-state index contributed by atoms with van der Waals surface area (Å²) >= 11 is 0. The molecule has 242 valence electrons. The minimum Gasteiger partial charge on any atom is -0.308 e. The molecular formula is C46H26N4O2. The number of nitriles is 2. The quantitative estimate of drug-likeness (QED) is 0.171. The van der Waals surface area contributed by atoms with E-state index in [2.05, 4.69) is 12.1 Å². The van der Waals surface area contributed by atoms with E-state index >= 15 is 0 Å². The zero-order valence-corrected chi connectivity index (χ0v) is 27.6. The highest BCUT2D eigenvalue weighted by atomic mass is 16.2. The van der Waals surface area contributed by atoms with Crippen molar-refractivity contribution in [3.63, 3.8) is 0 Å². The van der Waals surface area contributed by atoms with Crippen LogP contribution in [0.4, 0.5) is 5.69 Å². The van der Waals surface area contributed by atoms with Crippen molar-refractivity contribution in [1.82, 2.24) is 4.57 Å². The number of carbonyl (C=O) groups excluding carboxylic acids is 2. The second-order valence-corrected chi connectivity index (χ2v) is 12.6. The summed E-state index contributed by atoms with van der Waals surface area (Å²) in [6.45, 7) is 0. The average Bonchev–Trinajstić information content (AvgIpc) is 3.67. The fraction of sp³-hybridized carbons (Fsp3) is 0. The van der Waals surface area contributed by atoms with Gasteiger partial charge in [0, 0.05) is 16.3 Å². The zero-order chi connectivity index (χ0) is 35.3. The highest BCUT2D eigenvalue weighted by molar-refractivity contribution is 6.36. The summed E-state index contributed by atoms with van der Waals surface area (Å²) in [5.41, 5.74) is 9.36. The normalized spacial score (nSPS) is 12.2. The van der Waals surface area contributed by atoms with E-state index in [1.807, 2.05) is 144 Å². The Morgan fingerprint density at radius 3 is 1.52 bits per heavy atom. The number of benzene rings is 7. The van der Waals surface area contributed by atoms with Crippen LogP contribution in [0.25, 0.3) is 60.9 Å². The number of carbonyl (C=O) groups is 2. The van der Waals surface area contributed by atoms with Crippen LogP contribution < -0.4 is 4.90 Å². The van der Waals surface area contributed by atoms with Gasteiger partial charge in [-0.25, -0.2) is 4.90 Å². The van der Waals surface area contributed by atoms with Crippen molar-refractivity contribution in [1.29, 1.82) is 10.5 Å². The molecule has 1 aliphatic heterocycles. The predicted molar refractivity (Wildman–Crippen MR) is 204 cm³/mol. The zero-order valence-electron chi connectivity index (χ0n) is 27.6. The van der Waals surface area contributed by atoms with Gasteiger partial charge in [-0.05, 0) is 70.3 Å². The summed E-state index contributed by atoms with van der Waals surface area (Å²) in [6.07, 6.45) is 0. The largest absolute Gasteiger partial charge is 0.308 e. The van der Waals surface area contributed by atoms with Crippen LogP contribution in [0, 0.1) is 22.7 Å². The summed E-state index contributed by atoms with van der Waals surface area (Å²) < 4.78 is 2.04. The van der Waals surface area contributed by atoms with Crippen molar-refractivity contribution in [2.24, 2.45) is 0 Å². The molecule has 0 unspecified atom stereocenters. The van der Waals surface area contributed by atoms with E-state index in [0.29, 0.717) is 33.6 Å². The lowest BCUT2D eigenvalue weighted by Crippen LogP contribution is -2.30. The maximum Gasteiger partial charge on any atom is 0.268 e. The number of aromatic nitrogens is 1. The smallest absolute Gasteiger partial charge is 0.268 e. The third-order valence-electron chi connectivity index (χ3n) is 9.85. The molecule has 9 rings (SSSR count). The van der Waals surface area contributed by atoms with E-state index in [1.54, 1.807) is 18.2 Å². The predicted octanol–water partition coefficient (Wildman–Crippen LogP) is 10.3. The Morgan fingerprint density at radius 2 is 0.923 bits per heavy atom. The van der Waals surface area contributed by atoms with Crippen LogP contribution in [-0.2, 0) is 0 Å². The number of rotatable bonds is 5. The number of imide groups is 1. The molecule has 0 atom stereocenters. The fourth-order valence-corrected chi connectivity index (χ4v) is 7.48. The van der Waals surface area contributed by atoms with E-state index in [-0.39, 0.29) is 0 Å². The van der Waals surface area contributed by atoms with Gasteiger partial charge in [0.05, 0.1) is 56.8 Å². The summed E-state index contributed by atoms with van der Waals surface area (Å²) in [5, 5.41) is 21.8. The lowest BCUT2D eigenvalue weighted by Gasteiger charge is -2.19. The van der Waals surface area contributed by atoms with E-state index in [4.69, 9.17) is 0 Å². The lowest BCUT2D eigenvalue weighted by atomic mass is 9.98. The third kappa shape index (κ3) is 4.64. The Labute approximate surface area is 299 Å². The van der Waals surface area contributed by atoms with E-state index in [0.717, 1.165) is 55.2 Å². The third-order valence-corrected chi connectivity index (χ3v) is 9.85. The molecule has 0 aliphatic carbocycles. The van der Waals surface area contributed by atoms with E-state index < -0.39 is 11.8 Å². The van der Waals surface area contributed by atoms with Crippen LogP contribution >= 0.6 is 0 Å². The van der Waals surface area contributed by atoms with Gasteiger partial charge in [0.1, 0.15) is 0 Å². The molecule has 2 heterocycles. The van der Waals surface area contributed by atoms with Gasteiger partial charge >= 0.3 is 0 Å². The molecule has 1 aromatic heterocycles. The molecule has 0 radical (unpaired) electrons. The molecule has 6 heteroatoms. The van der Waals surface area contributed by atoms with Crippen LogP contribution in [0.1, 0.15) is 31.8 Å². The minimum absolute atomic E-state index is 0.305. The van der Waals surface area contributed by atoms with Gasteiger partial charge in [-0.15, -0.1) is 0 Å². The molecule has 0 bridgehead atoms. The Morgan fingerprint density at radius 1 is 0.423 bits per heavy atom. The van der Waals surface area contributed by atoms with Crippen LogP contribution in [0.2, 0.25) is 0 Å². The number of para-hydroxylation sites is 1. The van der Waals surface area contributed by atoms with Gasteiger partial charge < -0.3 is 4.57 Å². The topological polar surface area (TPSA) is 89.9 Å². The van der Waals surface area contributed by atoms with Gasteiger partial charge in [0.25, 0.3) is 11.8 Å². The SMILES string of the molecule is N#Cc1ccccc1-c1ccc2c3ccc(-c4ccccc4C#N)cc3n(-c3cccc4c3C(=O)N(c3ccccc3-c3ccccc3)C4=O)c2c1. The first-order valence-corrected chi connectivity index (χ1v) is 16.8. The molecule has 2 amide bonds. The summed E-state index contributed by atoms with van der Waals surface area (Å²) in [6, 6.07) is 54.3. The van der Waals surface area contributed by atoms with Gasteiger partial charge in [0.15, 0.2) is 0 Å². The first-order valence-electron chi connectivity index (χ1n) is 16.8. The average molecular weight is 667 g/mol. The molecule has 0 fully saturated rings. The first kappa shape index (κ1) is 30.5. The molecule has 7 aromatic carbocycles. The fourth-order valence-electron chi connectivity index (χ4n) is 7.48. The highest BCUT2D eigenvalue weighted by Gasteiger charge is 2.40. The number of hydrogen-bond donors (Lipinski definition) is 0. The maximum absolute atomic E-state index is 14.7. The van der Waals surface area contributed by atoms with Crippen LogP contribution in [0.3, 0.4) is 0 Å². The second-order valence-electron chi connectivity index (χ2n) is 12.6. The summed E-state index contributed by atoms with van der Waals surface area (Å²) in [4.78, 5) is 30.3. The van der Waals surface area contributed by atoms with Gasteiger partial charge in [-0.3, -0.25) is 9.59 Å². The molecule has 8 aromatic rings. The molecule has 6 nitrogen and oxygen atoms in total. The molecule has 0 N–H and O–H groups in total.